The summed E-state index contributed by atoms with van der Waals surface area (Å²) in [5, 5.41) is 3.45. The summed E-state index contributed by atoms with van der Waals surface area (Å²) in [6.07, 6.45) is -4.21. The van der Waals surface area contributed by atoms with Gasteiger partial charge < -0.3 is 20.8 Å². The fraction of sp³-hybridized carbons (Fsp3) is 0.261. The van der Waals surface area contributed by atoms with Crippen LogP contribution in [-0.4, -0.2) is 36.1 Å². The van der Waals surface area contributed by atoms with E-state index < -0.39 is 29.2 Å². The molecule has 1 aliphatic rings. The van der Waals surface area contributed by atoms with E-state index in [1.807, 2.05) is 0 Å². The molecule has 3 aromatic rings. The van der Waals surface area contributed by atoms with Crippen LogP contribution in [0.3, 0.4) is 0 Å². The molecule has 0 spiro atoms. The van der Waals surface area contributed by atoms with Gasteiger partial charge in [0.05, 0.1) is 24.1 Å². The smallest absolute Gasteiger partial charge is 0.417 e. The van der Waals surface area contributed by atoms with Crippen molar-refractivity contribution in [3.63, 3.8) is 0 Å². The van der Waals surface area contributed by atoms with Crippen molar-refractivity contribution < 1.29 is 27.5 Å². The van der Waals surface area contributed by atoms with Crippen LogP contribution in [0.25, 0.3) is 22.0 Å². The number of aromatic amines is 1. The second-order valence-electron chi connectivity index (χ2n) is 7.78. The highest BCUT2D eigenvalue weighted by molar-refractivity contribution is 5.90. The molecule has 33 heavy (non-hydrogen) atoms. The highest BCUT2D eigenvalue weighted by Gasteiger charge is 2.35. The first kappa shape index (κ1) is 22.5. The minimum Gasteiger partial charge on any atom is -0.463 e. The van der Waals surface area contributed by atoms with Gasteiger partial charge in [0.15, 0.2) is 0 Å². The molecule has 172 valence electrons. The minimum atomic E-state index is -4.57. The van der Waals surface area contributed by atoms with Gasteiger partial charge in [0.2, 0.25) is 5.91 Å². The quantitative estimate of drug-likeness (QED) is 0.508. The summed E-state index contributed by atoms with van der Waals surface area (Å²) >= 11 is 0. The number of nitrogens with one attached hydrogen (secondary N) is 2. The molecular weight excluding hydrogens is 439 g/mol. The Morgan fingerprint density at radius 2 is 1.88 bits per heavy atom. The van der Waals surface area contributed by atoms with E-state index in [-0.39, 0.29) is 41.7 Å². The van der Waals surface area contributed by atoms with Crippen molar-refractivity contribution >= 4 is 22.6 Å². The van der Waals surface area contributed by atoms with Gasteiger partial charge in [-0.15, -0.1) is 0 Å². The number of halogens is 3. The molecule has 7 nitrogen and oxygen atoms in total. The zero-order chi connectivity index (χ0) is 23.8. The van der Waals surface area contributed by atoms with Crippen LogP contribution in [0, 0.1) is 0 Å². The number of pyridine rings is 1. The maximum Gasteiger partial charge on any atom is 0.417 e. The molecular formula is C23H20F3N3O4. The summed E-state index contributed by atoms with van der Waals surface area (Å²) < 4.78 is 45.2. The molecule has 0 saturated carbocycles. The summed E-state index contributed by atoms with van der Waals surface area (Å²) in [5.41, 5.74) is 4.30. The lowest BCUT2D eigenvalue weighted by molar-refractivity contribution is -0.142. The van der Waals surface area contributed by atoms with Crippen LogP contribution in [-0.2, 0) is 20.5 Å². The second-order valence-corrected chi connectivity index (χ2v) is 7.78. The van der Waals surface area contributed by atoms with E-state index >= 15 is 0 Å². The molecule has 2 heterocycles. The van der Waals surface area contributed by atoms with Crippen molar-refractivity contribution in [3.8, 4) is 11.3 Å². The van der Waals surface area contributed by atoms with Gasteiger partial charge in [-0.3, -0.25) is 14.4 Å². The van der Waals surface area contributed by atoms with Crippen LogP contribution in [0.5, 0.6) is 0 Å². The molecule has 0 unspecified atom stereocenters. The third-order valence-electron chi connectivity index (χ3n) is 5.59. The minimum absolute atomic E-state index is 0.00554. The van der Waals surface area contributed by atoms with Gasteiger partial charge in [-0.25, -0.2) is 0 Å². The van der Waals surface area contributed by atoms with Crippen LogP contribution in [0.1, 0.15) is 23.5 Å². The van der Waals surface area contributed by atoms with Gasteiger partial charge in [-0.2, -0.15) is 13.2 Å². The number of carbonyl (C=O) groups excluding carboxylic acids is 2. The maximum absolute atomic E-state index is 13.4. The van der Waals surface area contributed by atoms with Crippen molar-refractivity contribution in [2.24, 2.45) is 5.73 Å². The molecule has 4 N–H and O–H groups in total. The molecule has 0 radical (unpaired) electrons. The summed E-state index contributed by atoms with van der Waals surface area (Å²) in [4.78, 5) is 38.9. The predicted molar refractivity (Wildman–Crippen MR) is 114 cm³/mol. The molecule has 1 saturated heterocycles. The fourth-order valence-corrected chi connectivity index (χ4v) is 4.01. The summed E-state index contributed by atoms with van der Waals surface area (Å²) in [6, 6.07) is 10.9. The molecule has 4 rings (SSSR count). The Labute approximate surface area is 185 Å². The summed E-state index contributed by atoms with van der Waals surface area (Å²) in [5.74, 6) is -1.40. The van der Waals surface area contributed by atoms with E-state index in [0.717, 1.165) is 6.07 Å². The molecule has 1 aromatic heterocycles. The first-order valence-corrected chi connectivity index (χ1v) is 10.2. The van der Waals surface area contributed by atoms with Crippen molar-refractivity contribution in [1.29, 1.82) is 0 Å². The van der Waals surface area contributed by atoms with E-state index in [4.69, 9.17) is 10.5 Å². The molecule has 2 atom stereocenters. The van der Waals surface area contributed by atoms with Gasteiger partial charge in [-0.05, 0) is 35.6 Å². The van der Waals surface area contributed by atoms with Gasteiger partial charge in [-0.1, -0.05) is 30.3 Å². The van der Waals surface area contributed by atoms with Gasteiger partial charge in [0.1, 0.15) is 6.61 Å². The number of nitrogens with two attached hydrogens (primary N) is 1. The van der Waals surface area contributed by atoms with Crippen LogP contribution >= 0.6 is 0 Å². The van der Waals surface area contributed by atoms with E-state index in [0.29, 0.717) is 17.4 Å². The SMILES string of the molecule is NCC(=O)OC[C@H]1C[C@H](c2ccc3cc(-c4ccccc4C(F)(F)F)[nH]c(=O)c3c2)C(=O)N1. The van der Waals surface area contributed by atoms with E-state index in [1.165, 1.54) is 24.3 Å². The van der Waals surface area contributed by atoms with Crippen LogP contribution in [0.4, 0.5) is 13.2 Å². The Kier molecular flexibility index (Phi) is 5.94. The zero-order valence-electron chi connectivity index (χ0n) is 17.2. The normalized spacial score (nSPS) is 18.4. The summed E-state index contributed by atoms with van der Waals surface area (Å²) in [6.45, 7) is -0.263. The van der Waals surface area contributed by atoms with E-state index in [9.17, 15) is 27.6 Å². The van der Waals surface area contributed by atoms with Crippen molar-refractivity contribution in [2.45, 2.75) is 24.6 Å². The van der Waals surface area contributed by atoms with Gasteiger partial charge in [0, 0.05) is 16.6 Å². The first-order chi connectivity index (χ1) is 15.7. The number of hydrogen-bond acceptors (Lipinski definition) is 5. The lowest BCUT2D eigenvalue weighted by Crippen LogP contribution is -2.32. The van der Waals surface area contributed by atoms with Gasteiger partial charge in [0.25, 0.3) is 5.56 Å². The van der Waals surface area contributed by atoms with Crippen LogP contribution in [0.15, 0.2) is 53.3 Å². The first-order valence-electron chi connectivity index (χ1n) is 10.2. The topological polar surface area (TPSA) is 114 Å². The molecule has 0 bridgehead atoms. The Morgan fingerprint density at radius 1 is 1.12 bits per heavy atom. The lowest BCUT2D eigenvalue weighted by Gasteiger charge is -2.14. The Balaban J connectivity index is 1.64. The highest BCUT2D eigenvalue weighted by atomic mass is 19.4. The monoisotopic (exact) mass is 459 g/mol. The standard InChI is InChI=1S/C23H20F3N3O4/c24-23(25,26)18-4-2-1-3-15(18)19-8-13-6-5-12(7-16(13)22(32)29-19)17-9-14(28-21(17)31)11-33-20(30)10-27/h1-8,14,17H,9-11,27H2,(H,28,31)(H,29,32)/t14-,17-/m1/s1. The third-order valence-corrected chi connectivity index (χ3v) is 5.59. The zero-order valence-corrected chi connectivity index (χ0v) is 17.2. The van der Waals surface area contributed by atoms with Crippen LogP contribution in [0.2, 0.25) is 0 Å². The average molecular weight is 459 g/mol. The molecule has 0 aliphatic carbocycles. The number of carbonyl (C=O) groups is 2. The van der Waals surface area contributed by atoms with Crippen molar-refractivity contribution in [2.75, 3.05) is 13.2 Å². The second kappa shape index (κ2) is 8.70. The molecule has 1 fully saturated rings. The number of benzene rings is 2. The maximum atomic E-state index is 13.4. The number of rotatable bonds is 5. The molecule has 10 heteroatoms. The van der Waals surface area contributed by atoms with Crippen molar-refractivity contribution in [3.05, 3.63) is 70.0 Å². The largest absolute Gasteiger partial charge is 0.463 e. The fourth-order valence-electron chi connectivity index (χ4n) is 4.01. The number of aromatic nitrogens is 1. The van der Waals surface area contributed by atoms with Gasteiger partial charge >= 0.3 is 12.1 Å². The number of H-pyrrole nitrogens is 1. The highest BCUT2D eigenvalue weighted by Crippen LogP contribution is 2.37. The average Bonchev–Trinajstić information content (AvgIpc) is 3.17. The van der Waals surface area contributed by atoms with Crippen molar-refractivity contribution in [1.82, 2.24) is 10.3 Å². The van der Waals surface area contributed by atoms with E-state index in [1.54, 1.807) is 18.2 Å². The number of amides is 1. The Bertz CT molecular complexity index is 1290. The Morgan fingerprint density at radius 3 is 2.61 bits per heavy atom. The molecule has 1 aliphatic heterocycles. The molecule has 2 aromatic carbocycles. The molecule has 1 amide bonds. The lowest BCUT2D eigenvalue weighted by atomic mass is 9.93. The number of alkyl halides is 3. The van der Waals surface area contributed by atoms with Crippen LogP contribution < -0.4 is 16.6 Å². The number of esters is 1. The number of ether oxygens (including phenoxy) is 1. The number of fused-ring (bicyclic) bond motifs is 1. The number of hydrogen-bond donors (Lipinski definition) is 3. The third kappa shape index (κ3) is 4.61. The summed E-state index contributed by atoms with van der Waals surface area (Å²) in [7, 11) is 0. The predicted octanol–water partition coefficient (Wildman–Crippen LogP) is 2.69. The van der Waals surface area contributed by atoms with E-state index in [2.05, 4.69) is 10.3 Å². The Hall–Kier alpha value is -3.66.